The van der Waals surface area contributed by atoms with Gasteiger partial charge in [0.1, 0.15) is 16.8 Å². The minimum Gasteiger partial charge on any atom is -0.415 e. The quantitative estimate of drug-likeness (QED) is 0.377. The van der Waals surface area contributed by atoms with Gasteiger partial charge in [-0.05, 0) is 29.7 Å². The third-order valence-electron chi connectivity index (χ3n) is 4.50. The van der Waals surface area contributed by atoms with E-state index in [4.69, 9.17) is 4.42 Å². The highest BCUT2D eigenvalue weighted by Crippen LogP contribution is 2.28. The van der Waals surface area contributed by atoms with Crippen LogP contribution in [0.4, 0.5) is 19.1 Å². The van der Waals surface area contributed by atoms with Gasteiger partial charge in [0.2, 0.25) is 5.95 Å². The Kier molecular flexibility index (Phi) is 8.30. The van der Waals surface area contributed by atoms with E-state index in [-0.39, 0.29) is 23.2 Å². The predicted octanol–water partition coefficient (Wildman–Crippen LogP) is 4.66. The number of halogens is 3. The molecule has 178 valence electrons. The molecule has 0 spiro atoms. The number of benzene rings is 1. The van der Waals surface area contributed by atoms with Crippen LogP contribution in [0.15, 0.2) is 77.7 Å². The second-order valence-electron chi connectivity index (χ2n) is 6.96. The molecule has 0 amide bonds. The van der Waals surface area contributed by atoms with Gasteiger partial charge in [-0.15, -0.1) is 10.2 Å². The highest BCUT2D eigenvalue weighted by Gasteiger charge is 2.19. The SMILES string of the molecule is C=C/C=C(/CC(Nc1ncc(-c2nnc(C(F)F)o2)cn1)c1ccc(F)cc1)C(=C)NS(C)=O. The van der Waals surface area contributed by atoms with Gasteiger partial charge in [-0.25, -0.2) is 18.6 Å². The van der Waals surface area contributed by atoms with Crippen molar-refractivity contribution in [3.05, 3.63) is 90.5 Å². The lowest BCUT2D eigenvalue weighted by atomic mass is 9.97. The molecule has 0 bridgehead atoms. The van der Waals surface area contributed by atoms with E-state index in [0.29, 0.717) is 17.7 Å². The topological polar surface area (TPSA) is 106 Å². The van der Waals surface area contributed by atoms with Gasteiger partial charge >= 0.3 is 6.43 Å². The first-order valence-corrected chi connectivity index (χ1v) is 11.4. The van der Waals surface area contributed by atoms with Crippen molar-refractivity contribution in [3.63, 3.8) is 0 Å². The number of hydrogen-bond acceptors (Lipinski definition) is 7. The third-order valence-corrected chi connectivity index (χ3v) is 5.03. The third kappa shape index (κ3) is 6.61. The molecule has 2 N–H and O–H groups in total. The molecular formula is C22H21F3N6O2S. The van der Waals surface area contributed by atoms with Crippen LogP contribution in [0.1, 0.15) is 30.3 Å². The molecule has 2 aromatic heterocycles. The van der Waals surface area contributed by atoms with Crippen molar-refractivity contribution in [2.75, 3.05) is 11.6 Å². The van der Waals surface area contributed by atoms with Crippen LogP contribution in [0.2, 0.25) is 0 Å². The van der Waals surface area contributed by atoms with Crippen LogP contribution in [0, 0.1) is 5.82 Å². The zero-order chi connectivity index (χ0) is 24.7. The van der Waals surface area contributed by atoms with Gasteiger partial charge in [0.15, 0.2) is 0 Å². The van der Waals surface area contributed by atoms with Gasteiger partial charge in [0, 0.05) is 24.3 Å². The van der Waals surface area contributed by atoms with E-state index in [1.165, 1.54) is 30.8 Å². The van der Waals surface area contributed by atoms with Crippen molar-refractivity contribution in [2.45, 2.75) is 18.9 Å². The summed E-state index contributed by atoms with van der Waals surface area (Å²) in [5.41, 5.74) is 2.14. The Bertz CT molecular complexity index is 1200. The molecule has 2 unspecified atom stereocenters. The number of aromatic nitrogens is 4. The Balaban J connectivity index is 1.85. The molecule has 34 heavy (non-hydrogen) atoms. The lowest BCUT2D eigenvalue weighted by molar-refractivity contribution is 0.116. The minimum absolute atomic E-state index is 0.136. The monoisotopic (exact) mass is 490 g/mol. The largest absolute Gasteiger partial charge is 0.415 e. The van der Waals surface area contributed by atoms with E-state index in [1.54, 1.807) is 24.3 Å². The summed E-state index contributed by atoms with van der Waals surface area (Å²) < 4.78 is 58.1. The number of allylic oxidation sites excluding steroid dienone is 3. The molecule has 8 nitrogen and oxygen atoms in total. The molecule has 0 fully saturated rings. The van der Waals surface area contributed by atoms with Crippen molar-refractivity contribution in [1.29, 1.82) is 0 Å². The normalized spacial score (nSPS) is 13.4. The number of alkyl halides is 2. The van der Waals surface area contributed by atoms with Gasteiger partial charge < -0.3 is 14.5 Å². The van der Waals surface area contributed by atoms with Crippen molar-refractivity contribution in [2.24, 2.45) is 0 Å². The zero-order valence-corrected chi connectivity index (χ0v) is 18.9. The molecule has 0 saturated carbocycles. The molecule has 2 atom stereocenters. The second kappa shape index (κ2) is 11.4. The molecule has 1 aromatic carbocycles. The molecule has 0 aliphatic rings. The van der Waals surface area contributed by atoms with Crippen molar-refractivity contribution in [1.82, 2.24) is 24.9 Å². The standard InChI is InChI=1S/C22H21F3N6O2S/c1-4-5-15(13(2)31-34(3)32)10-18(14-6-8-17(23)9-7-14)28-22-26-11-16(12-27-22)20-29-30-21(33-20)19(24)25/h4-9,11-12,18-19,31H,1-2,10H2,3H3,(H,26,27,28)/b15-5-. The minimum atomic E-state index is -2.88. The Labute approximate surface area is 196 Å². The molecule has 0 aliphatic carbocycles. The van der Waals surface area contributed by atoms with E-state index in [9.17, 15) is 17.4 Å². The first kappa shape index (κ1) is 24.8. The van der Waals surface area contributed by atoms with Gasteiger partial charge in [0.05, 0.1) is 11.6 Å². The summed E-state index contributed by atoms with van der Waals surface area (Å²) in [6.07, 6.45) is 4.93. The smallest absolute Gasteiger partial charge is 0.314 e. The van der Waals surface area contributed by atoms with Crippen LogP contribution in [0.5, 0.6) is 0 Å². The zero-order valence-electron chi connectivity index (χ0n) is 18.0. The average molecular weight is 491 g/mol. The summed E-state index contributed by atoms with van der Waals surface area (Å²) in [4.78, 5) is 8.40. The van der Waals surface area contributed by atoms with E-state index in [0.717, 1.165) is 5.56 Å². The molecule has 2 heterocycles. The van der Waals surface area contributed by atoms with Gasteiger partial charge in [0.25, 0.3) is 11.8 Å². The number of rotatable bonds is 11. The maximum absolute atomic E-state index is 13.5. The molecule has 0 saturated heterocycles. The maximum Gasteiger partial charge on any atom is 0.314 e. The first-order valence-electron chi connectivity index (χ1n) is 9.83. The molecular weight excluding hydrogens is 469 g/mol. The lowest BCUT2D eigenvalue weighted by Gasteiger charge is -2.22. The second-order valence-corrected chi connectivity index (χ2v) is 8.07. The fourth-order valence-corrected chi connectivity index (χ4v) is 3.43. The first-order chi connectivity index (χ1) is 16.3. The van der Waals surface area contributed by atoms with Gasteiger partial charge in [-0.2, -0.15) is 8.78 Å². The lowest BCUT2D eigenvalue weighted by Crippen LogP contribution is -2.19. The van der Waals surface area contributed by atoms with Crippen LogP contribution in [-0.2, 0) is 11.0 Å². The number of hydrogen-bond donors (Lipinski definition) is 2. The summed E-state index contributed by atoms with van der Waals surface area (Å²) in [5.74, 6) is -1.11. The van der Waals surface area contributed by atoms with Crippen LogP contribution in [0.3, 0.4) is 0 Å². The molecule has 0 aliphatic heterocycles. The molecule has 0 radical (unpaired) electrons. The van der Waals surface area contributed by atoms with Gasteiger partial charge in [-0.1, -0.05) is 37.4 Å². The summed E-state index contributed by atoms with van der Waals surface area (Å²) in [7, 11) is -1.33. The molecule has 12 heteroatoms. The summed E-state index contributed by atoms with van der Waals surface area (Å²) in [5, 5.41) is 10.0. The van der Waals surface area contributed by atoms with Crippen molar-refractivity contribution < 1.29 is 21.8 Å². The fourth-order valence-electron chi connectivity index (χ4n) is 2.95. The van der Waals surface area contributed by atoms with Crippen LogP contribution in [-0.4, -0.2) is 30.6 Å². The number of nitrogens with one attached hydrogen (secondary N) is 2. The van der Waals surface area contributed by atoms with E-state index in [2.05, 4.69) is 43.4 Å². The van der Waals surface area contributed by atoms with Gasteiger partial charge in [-0.3, -0.25) is 0 Å². The summed E-state index contributed by atoms with van der Waals surface area (Å²) in [6, 6.07) is 5.46. The van der Waals surface area contributed by atoms with E-state index in [1.807, 2.05) is 0 Å². The Morgan fingerprint density at radius 2 is 1.88 bits per heavy atom. The van der Waals surface area contributed by atoms with E-state index < -0.39 is 29.3 Å². The Hall–Kier alpha value is -3.80. The maximum atomic E-state index is 13.5. The Morgan fingerprint density at radius 3 is 2.44 bits per heavy atom. The van der Waals surface area contributed by atoms with Crippen LogP contribution >= 0.6 is 0 Å². The fraction of sp³-hybridized carbons (Fsp3) is 0.182. The van der Waals surface area contributed by atoms with E-state index >= 15 is 0 Å². The van der Waals surface area contributed by atoms with Crippen molar-refractivity contribution in [3.8, 4) is 11.5 Å². The summed E-state index contributed by atoms with van der Waals surface area (Å²) >= 11 is 0. The van der Waals surface area contributed by atoms with Crippen LogP contribution < -0.4 is 10.0 Å². The summed E-state index contributed by atoms with van der Waals surface area (Å²) in [6.45, 7) is 7.63. The number of nitrogens with zero attached hydrogens (tertiary/aromatic N) is 4. The van der Waals surface area contributed by atoms with Crippen molar-refractivity contribution >= 4 is 16.9 Å². The molecule has 3 aromatic rings. The number of anilines is 1. The highest BCUT2D eigenvalue weighted by atomic mass is 32.2. The average Bonchev–Trinajstić information content (AvgIpc) is 3.29. The predicted molar refractivity (Wildman–Crippen MR) is 122 cm³/mol. The highest BCUT2D eigenvalue weighted by molar-refractivity contribution is 7.82. The molecule has 3 rings (SSSR count). The van der Waals surface area contributed by atoms with Crippen LogP contribution in [0.25, 0.3) is 11.5 Å². The Morgan fingerprint density at radius 1 is 1.21 bits per heavy atom.